The van der Waals surface area contributed by atoms with Crippen LogP contribution >= 0.6 is 0 Å². The van der Waals surface area contributed by atoms with Gasteiger partial charge in [0, 0.05) is 18.9 Å². The summed E-state index contributed by atoms with van der Waals surface area (Å²) in [5.41, 5.74) is 0.789. The van der Waals surface area contributed by atoms with Gasteiger partial charge in [-0.3, -0.25) is 24.0 Å². The molecule has 4 amide bonds. The molecule has 45 heavy (non-hydrogen) atoms. The molecule has 3 saturated heterocycles. The average Bonchev–Trinajstić information content (AvgIpc) is 3.45. The zero-order valence-corrected chi connectivity index (χ0v) is 26.3. The lowest BCUT2D eigenvalue weighted by molar-refractivity contribution is -0.208. The number of aliphatic carboxylic acids is 1. The van der Waals surface area contributed by atoms with Crippen molar-refractivity contribution in [2.75, 3.05) is 0 Å². The van der Waals surface area contributed by atoms with Crippen LogP contribution in [0.25, 0.3) is 0 Å². The lowest BCUT2D eigenvalue weighted by Crippen LogP contribution is -2.62. The van der Waals surface area contributed by atoms with E-state index in [1.54, 1.807) is 46.8 Å². The van der Waals surface area contributed by atoms with Gasteiger partial charge < -0.3 is 40.6 Å². The Labute approximate surface area is 262 Å². The molecule has 1 aromatic carbocycles. The number of carboxylic acids is 1. The van der Waals surface area contributed by atoms with E-state index in [1.165, 1.54) is 0 Å². The minimum atomic E-state index is -1.25. The zero-order chi connectivity index (χ0) is 32.9. The summed E-state index contributed by atoms with van der Waals surface area (Å²) in [7, 11) is 0. The van der Waals surface area contributed by atoms with Crippen molar-refractivity contribution in [1.29, 1.82) is 0 Å². The molecule has 0 bridgehead atoms. The van der Waals surface area contributed by atoms with Gasteiger partial charge in [-0.2, -0.15) is 0 Å². The van der Waals surface area contributed by atoms with Crippen LogP contribution in [0.2, 0.25) is 0 Å². The smallest absolute Gasteiger partial charge is 0.303 e. The van der Waals surface area contributed by atoms with E-state index in [-0.39, 0.29) is 31.6 Å². The molecule has 4 rings (SSSR count). The van der Waals surface area contributed by atoms with Crippen LogP contribution in [0.1, 0.15) is 59.4 Å². The molecule has 0 aliphatic carbocycles. The largest absolute Gasteiger partial charge is 0.481 e. The van der Waals surface area contributed by atoms with E-state index in [0.717, 1.165) is 5.56 Å². The number of carboxylic acid groups (broad SMARTS) is 1. The number of benzene rings is 1. The molecule has 3 aliphatic rings. The molecule has 0 unspecified atom stereocenters. The van der Waals surface area contributed by atoms with Crippen LogP contribution < -0.4 is 21.3 Å². The standard InChI is InChI=1S/C32H44N4O9/c1-17(2)23-29(41)36-24-25(43-31-26(24)44-32(4,5)45-31)30(42)34-21(16-19-12-8-6-9-13-19)28(40)33-20(18(3)27(39)35-23)14-10-7-11-15-22(37)38/h6-10,12-13,17-18,20-21,23-26,31H,11,14-16H2,1-5H3,(H,33,40)(H,34,42)(H,35,39)(H,36,41)(H,37,38)/b10-7-/t18-,20+,21+,23+,24-,25-,26+,31+/m0/s1. The summed E-state index contributed by atoms with van der Waals surface area (Å²) in [4.78, 5) is 65.8. The van der Waals surface area contributed by atoms with Crippen molar-refractivity contribution in [2.45, 2.75) is 109 Å². The fraction of sp³-hybridized carbons (Fsp3) is 0.594. The molecule has 5 N–H and O–H groups in total. The molecular weight excluding hydrogens is 584 g/mol. The van der Waals surface area contributed by atoms with Gasteiger partial charge in [0.05, 0.1) is 12.0 Å². The number of rotatable bonds is 8. The van der Waals surface area contributed by atoms with E-state index in [1.807, 2.05) is 30.3 Å². The predicted molar refractivity (Wildman–Crippen MR) is 161 cm³/mol. The fourth-order valence-electron chi connectivity index (χ4n) is 5.70. The molecule has 246 valence electrons. The Morgan fingerprint density at radius 1 is 0.933 bits per heavy atom. The summed E-state index contributed by atoms with van der Waals surface area (Å²) in [6.45, 7) is 8.62. The number of carbonyl (C=O) groups is 5. The second-order valence-corrected chi connectivity index (χ2v) is 12.6. The highest BCUT2D eigenvalue weighted by atomic mass is 16.8. The molecule has 3 aliphatic heterocycles. The molecule has 13 nitrogen and oxygen atoms in total. The van der Waals surface area contributed by atoms with Crippen molar-refractivity contribution in [3.05, 3.63) is 48.0 Å². The van der Waals surface area contributed by atoms with E-state index in [9.17, 15) is 24.0 Å². The van der Waals surface area contributed by atoms with E-state index >= 15 is 0 Å². The lowest BCUT2D eigenvalue weighted by atomic mass is 9.94. The Morgan fingerprint density at radius 3 is 2.31 bits per heavy atom. The number of ether oxygens (including phenoxy) is 3. The summed E-state index contributed by atoms with van der Waals surface area (Å²) in [6.07, 6.45) is 0.992. The van der Waals surface area contributed by atoms with Crippen molar-refractivity contribution < 1.29 is 43.3 Å². The topological polar surface area (TPSA) is 181 Å². The van der Waals surface area contributed by atoms with Crippen molar-refractivity contribution in [3.63, 3.8) is 0 Å². The van der Waals surface area contributed by atoms with Crippen LogP contribution in [0.4, 0.5) is 0 Å². The van der Waals surface area contributed by atoms with Gasteiger partial charge in [0.15, 0.2) is 18.2 Å². The fourth-order valence-corrected chi connectivity index (χ4v) is 5.70. The second-order valence-electron chi connectivity index (χ2n) is 12.6. The Bertz CT molecular complexity index is 1280. The molecule has 0 spiro atoms. The van der Waals surface area contributed by atoms with Crippen LogP contribution in [0.3, 0.4) is 0 Å². The maximum Gasteiger partial charge on any atom is 0.303 e. The summed E-state index contributed by atoms with van der Waals surface area (Å²) in [5, 5.41) is 20.4. The van der Waals surface area contributed by atoms with Gasteiger partial charge in [0.2, 0.25) is 17.7 Å². The first kappa shape index (κ1) is 34.1. The minimum absolute atomic E-state index is 0.0561. The first-order valence-electron chi connectivity index (χ1n) is 15.4. The molecule has 3 heterocycles. The highest BCUT2D eigenvalue weighted by molar-refractivity contribution is 5.93. The predicted octanol–water partition coefficient (Wildman–Crippen LogP) is 1.16. The molecule has 8 atom stereocenters. The maximum atomic E-state index is 13.9. The summed E-state index contributed by atoms with van der Waals surface area (Å²) in [5.74, 6) is -5.18. The monoisotopic (exact) mass is 628 g/mol. The number of carbonyl (C=O) groups excluding carboxylic acids is 4. The number of amides is 4. The maximum absolute atomic E-state index is 13.9. The summed E-state index contributed by atoms with van der Waals surface area (Å²) in [6, 6.07) is 5.43. The van der Waals surface area contributed by atoms with Gasteiger partial charge in [0.1, 0.15) is 18.2 Å². The SMILES string of the molecule is CC(C)[C@H]1NC(=O)[C@@H](C)[C@@H](C/C=C\CCC(=O)O)NC(=O)[C@@H](Cc2ccccc2)NC(=O)[C@H]2O[C@@H]3OC(C)(C)O[C@@H]3[C@H]2NC1=O. The first-order valence-corrected chi connectivity index (χ1v) is 15.4. The number of fused-ring (bicyclic) bond motifs is 3. The van der Waals surface area contributed by atoms with Crippen molar-refractivity contribution in [2.24, 2.45) is 11.8 Å². The number of hydrogen-bond acceptors (Lipinski definition) is 8. The number of allylic oxidation sites excluding steroid dienone is 1. The third-order valence-electron chi connectivity index (χ3n) is 8.21. The zero-order valence-electron chi connectivity index (χ0n) is 26.3. The third kappa shape index (κ3) is 8.68. The van der Waals surface area contributed by atoms with E-state index < -0.39 is 84.0 Å². The molecule has 0 saturated carbocycles. The van der Waals surface area contributed by atoms with Gasteiger partial charge in [-0.15, -0.1) is 0 Å². The van der Waals surface area contributed by atoms with Gasteiger partial charge in [0.25, 0.3) is 5.91 Å². The quantitative estimate of drug-likeness (QED) is 0.264. The van der Waals surface area contributed by atoms with Crippen LogP contribution in [0.5, 0.6) is 0 Å². The highest BCUT2D eigenvalue weighted by Gasteiger charge is 2.58. The van der Waals surface area contributed by atoms with Gasteiger partial charge >= 0.3 is 5.97 Å². The van der Waals surface area contributed by atoms with Crippen LogP contribution in [-0.2, 0) is 44.6 Å². The second kappa shape index (κ2) is 14.5. The summed E-state index contributed by atoms with van der Waals surface area (Å²) < 4.78 is 17.9. The van der Waals surface area contributed by atoms with E-state index in [4.69, 9.17) is 19.3 Å². The minimum Gasteiger partial charge on any atom is -0.481 e. The van der Waals surface area contributed by atoms with Crippen molar-refractivity contribution in [1.82, 2.24) is 21.3 Å². The normalized spacial score (nSPS) is 32.2. The molecule has 1 aromatic rings. The van der Waals surface area contributed by atoms with Crippen LogP contribution in [0, 0.1) is 11.8 Å². The first-order chi connectivity index (χ1) is 21.3. The van der Waals surface area contributed by atoms with Gasteiger partial charge in [-0.05, 0) is 38.2 Å². The molecule has 3 fully saturated rings. The Morgan fingerprint density at radius 2 is 1.64 bits per heavy atom. The van der Waals surface area contributed by atoms with Crippen LogP contribution in [0.15, 0.2) is 42.5 Å². The molecule has 0 radical (unpaired) electrons. The number of nitrogens with one attached hydrogen (secondary N) is 4. The molecule has 0 aromatic heterocycles. The van der Waals surface area contributed by atoms with Crippen molar-refractivity contribution in [3.8, 4) is 0 Å². The Balaban J connectivity index is 1.68. The van der Waals surface area contributed by atoms with E-state index in [2.05, 4.69) is 21.3 Å². The van der Waals surface area contributed by atoms with Gasteiger partial charge in [-0.25, -0.2) is 0 Å². The Kier molecular flexibility index (Phi) is 11.0. The molecular formula is C32H44N4O9. The lowest BCUT2D eigenvalue weighted by Gasteiger charge is -2.32. The third-order valence-corrected chi connectivity index (χ3v) is 8.21. The van der Waals surface area contributed by atoms with Gasteiger partial charge in [-0.1, -0.05) is 63.3 Å². The van der Waals surface area contributed by atoms with Crippen molar-refractivity contribution >= 4 is 29.6 Å². The number of hydrogen-bond donors (Lipinski definition) is 5. The van der Waals surface area contributed by atoms with E-state index in [0.29, 0.717) is 0 Å². The Hall–Kier alpha value is -3.81. The average molecular weight is 629 g/mol. The molecule has 13 heteroatoms. The highest BCUT2D eigenvalue weighted by Crippen LogP contribution is 2.37. The van der Waals surface area contributed by atoms with Crippen LogP contribution in [-0.4, -0.2) is 83.2 Å². The summed E-state index contributed by atoms with van der Waals surface area (Å²) >= 11 is 0.